The first-order valence-corrected chi connectivity index (χ1v) is 8.60. The van der Waals surface area contributed by atoms with Gasteiger partial charge in [0, 0.05) is 19.1 Å². The first-order chi connectivity index (χ1) is 11.2. The zero-order valence-corrected chi connectivity index (χ0v) is 13.9. The molecule has 0 bridgehead atoms. The molecule has 1 aliphatic heterocycles. The van der Waals surface area contributed by atoms with E-state index in [-0.39, 0.29) is 30.8 Å². The number of hydrogen-bond acceptors (Lipinski definition) is 5. The van der Waals surface area contributed by atoms with Gasteiger partial charge in [-0.25, -0.2) is 4.79 Å². The van der Waals surface area contributed by atoms with Crippen LogP contribution in [0.2, 0.25) is 0 Å². The SMILES string of the molecule is C=CCOC(=O)C1=C[C@@H](C2CCC2)[C@H](CCCO)[C@@H](OCC)O1. The highest BCUT2D eigenvalue weighted by atomic mass is 16.7. The molecule has 0 radical (unpaired) electrons. The highest BCUT2D eigenvalue weighted by Gasteiger charge is 2.42. The van der Waals surface area contributed by atoms with Crippen molar-refractivity contribution in [2.75, 3.05) is 19.8 Å². The number of carbonyl (C=O) groups is 1. The second-order valence-corrected chi connectivity index (χ2v) is 6.16. The van der Waals surface area contributed by atoms with E-state index in [1.54, 1.807) is 0 Å². The van der Waals surface area contributed by atoms with Crippen LogP contribution in [0.1, 0.15) is 39.0 Å². The number of aliphatic hydroxyl groups excluding tert-OH is 1. The lowest BCUT2D eigenvalue weighted by molar-refractivity contribution is -0.185. The topological polar surface area (TPSA) is 65.0 Å². The van der Waals surface area contributed by atoms with Gasteiger partial charge in [-0.05, 0) is 50.5 Å². The van der Waals surface area contributed by atoms with Gasteiger partial charge in [-0.1, -0.05) is 19.1 Å². The molecule has 1 saturated carbocycles. The van der Waals surface area contributed by atoms with Crippen molar-refractivity contribution in [1.29, 1.82) is 0 Å². The van der Waals surface area contributed by atoms with Gasteiger partial charge in [0.1, 0.15) is 6.61 Å². The summed E-state index contributed by atoms with van der Waals surface area (Å²) in [5.74, 6) is 0.768. The van der Waals surface area contributed by atoms with E-state index in [0.717, 1.165) is 6.42 Å². The molecule has 5 nitrogen and oxygen atoms in total. The number of hydrogen-bond donors (Lipinski definition) is 1. The highest BCUT2D eigenvalue weighted by Crippen LogP contribution is 2.44. The third-order valence-electron chi connectivity index (χ3n) is 4.69. The van der Waals surface area contributed by atoms with Gasteiger partial charge in [0.2, 0.25) is 12.0 Å². The summed E-state index contributed by atoms with van der Waals surface area (Å²) >= 11 is 0. The fourth-order valence-corrected chi connectivity index (χ4v) is 3.34. The summed E-state index contributed by atoms with van der Waals surface area (Å²) in [6.07, 6.45) is 8.13. The Kier molecular flexibility index (Phi) is 7.12. The highest BCUT2D eigenvalue weighted by molar-refractivity contribution is 5.86. The number of esters is 1. The van der Waals surface area contributed by atoms with Crippen LogP contribution in [0.5, 0.6) is 0 Å². The molecule has 0 saturated heterocycles. The van der Waals surface area contributed by atoms with E-state index in [1.165, 1.54) is 25.3 Å². The molecule has 2 rings (SSSR count). The van der Waals surface area contributed by atoms with Gasteiger partial charge in [0.25, 0.3) is 0 Å². The van der Waals surface area contributed by atoms with Crippen molar-refractivity contribution in [1.82, 2.24) is 0 Å². The summed E-state index contributed by atoms with van der Waals surface area (Å²) in [6, 6.07) is 0. The lowest BCUT2D eigenvalue weighted by Gasteiger charge is -2.43. The Morgan fingerprint density at radius 1 is 1.52 bits per heavy atom. The van der Waals surface area contributed by atoms with Gasteiger partial charge in [-0.15, -0.1) is 0 Å². The maximum Gasteiger partial charge on any atom is 0.373 e. The average molecular weight is 324 g/mol. The molecule has 0 spiro atoms. The molecule has 130 valence electrons. The molecule has 0 aromatic heterocycles. The van der Waals surface area contributed by atoms with Crippen LogP contribution < -0.4 is 0 Å². The van der Waals surface area contributed by atoms with Crippen molar-refractivity contribution in [3.63, 3.8) is 0 Å². The van der Waals surface area contributed by atoms with Crippen molar-refractivity contribution in [3.05, 3.63) is 24.5 Å². The molecule has 1 heterocycles. The lowest BCUT2D eigenvalue weighted by atomic mass is 9.68. The predicted molar refractivity (Wildman–Crippen MR) is 86.4 cm³/mol. The predicted octanol–water partition coefficient (Wildman–Crippen LogP) is 2.80. The molecule has 0 unspecified atom stereocenters. The number of rotatable bonds is 9. The molecule has 0 amide bonds. The van der Waals surface area contributed by atoms with Crippen molar-refractivity contribution >= 4 is 5.97 Å². The molecule has 1 N–H and O–H groups in total. The fourth-order valence-electron chi connectivity index (χ4n) is 3.34. The molecule has 0 aromatic rings. The molecule has 3 atom stereocenters. The van der Waals surface area contributed by atoms with E-state index < -0.39 is 12.3 Å². The van der Waals surface area contributed by atoms with Gasteiger partial charge < -0.3 is 19.3 Å². The zero-order chi connectivity index (χ0) is 16.7. The van der Waals surface area contributed by atoms with E-state index in [2.05, 4.69) is 6.58 Å². The van der Waals surface area contributed by atoms with Gasteiger partial charge in [0.15, 0.2) is 0 Å². The van der Waals surface area contributed by atoms with E-state index in [1.807, 2.05) is 13.0 Å². The Bertz CT molecular complexity index is 427. The lowest BCUT2D eigenvalue weighted by Crippen LogP contribution is -2.41. The molecule has 5 heteroatoms. The molecule has 23 heavy (non-hydrogen) atoms. The summed E-state index contributed by atoms with van der Waals surface area (Å²) in [6.45, 7) is 6.31. The van der Waals surface area contributed by atoms with Crippen molar-refractivity contribution < 1.29 is 24.1 Å². The third-order valence-corrected chi connectivity index (χ3v) is 4.69. The first-order valence-electron chi connectivity index (χ1n) is 8.60. The maximum absolute atomic E-state index is 12.1. The fraction of sp³-hybridized carbons (Fsp3) is 0.722. The molecule has 2 aliphatic rings. The number of carbonyl (C=O) groups excluding carboxylic acids is 1. The minimum atomic E-state index is -0.459. The Morgan fingerprint density at radius 2 is 2.30 bits per heavy atom. The molecule has 1 fully saturated rings. The Balaban J connectivity index is 2.17. The van der Waals surface area contributed by atoms with Crippen LogP contribution in [0.4, 0.5) is 0 Å². The molecular formula is C18H28O5. The van der Waals surface area contributed by atoms with Crippen LogP contribution in [-0.2, 0) is 19.0 Å². The summed E-state index contributed by atoms with van der Waals surface area (Å²) < 4.78 is 16.7. The second-order valence-electron chi connectivity index (χ2n) is 6.16. The van der Waals surface area contributed by atoms with Crippen LogP contribution in [0, 0.1) is 17.8 Å². The minimum Gasteiger partial charge on any atom is -0.457 e. The summed E-state index contributed by atoms with van der Waals surface area (Å²) in [5, 5.41) is 9.17. The van der Waals surface area contributed by atoms with Crippen molar-refractivity contribution in [3.8, 4) is 0 Å². The monoisotopic (exact) mass is 324 g/mol. The summed E-state index contributed by atoms with van der Waals surface area (Å²) in [5.41, 5.74) is 0. The molecular weight excluding hydrogens is 296 g/mol. The Hall–Kier alpha value is -1.33. The Labute approximate surface area is 138 Å². The van der Waals surface area contributed by atoms with Crippen LogP contribution in [0.15, 0.2) is 24.5 Å². The quantitative estimate of drug-likeness (QED) is 0.522. The van der Waals surface area contributed by atoms with Gasteiger partial charge in [0.05, 0.1) is 0 Å². The van der Waals surface area contributed by atoms with Gasteiger partial charge in [-0.2, -0.15) is 0 Å². The Morgan fingerprint density at radius 3 is 2.87 bits per heavy atom. The summed E-state index contributed by atoms with van der Waals surface area (Å²) in [7, 11) is 0. The van der Waals surface area contributed by atoms with Crippen LogP contribution in [-0.4, -0.2) is 37.2 Å². The molecule has 1 aliphatic carbocycles. The number of aliphatic hydroxyl groups is 1. The normalized spacial score (nSPS) is 27.6. The largest absolute Gasteiger partial charge is 0.457 e. The van der Waals surface area contributed by atoms with Crippen molar-refractivity contribution in [2.24, 2.45) is 17.8 Å². The number of ether oxygens (including phenoxy) is 3. The minimum absolute atomic E-state index is 0.157. The van der Waals surface area contributed by atoms with Crippen LogP contribution >= 0.6 is 0 Å². The zero-order valence-electron chi connectivity index (χ0n) is 13.9. The van der Waals surface area contributed by atoms with Crippen LogP contribution in [0.25, 0.3) is 0 Å². The van der Waals surface area contributed by atoms with Gasteiger partial charge >= 0.3 is 5.97 Å². The van der Waals surface area contributed by atoms with E-state index in [0.29, 0.717) is 18.9 Å². The summed E-state index contributed by atoms with van der Waals surface area (Å²) in [4.78, 5) is 12.1. The maximum atomic E-state index is 12.1. The third kappa shape index (κ3) is 4.58. The number of allylic oxidation sites excluding steroid dienone is 1. The smallest absolute Gasteiger partial charge is 0.373 e. The standard InChI is InChI=1S/C18H28O5/c1-3-11-22-17(20)16-12-15(13-7-5-8-13)14(9-6-10-19)18(23-16)21-4-2/h3,12-15,18-19H,1,4-11H2,2H3/t14-,15-,18-/m0/s1. The second kappa shape index (κ2) is 9.08. The van der Waals surface area contributed by atoms with E-state index >= 15 is 0 Å². The van der Waals surface area contributed by atoms with Crippen LogP contribution in [0.3, 0.4) is 0 Å². The molecule has 0 aromatic carbocycles. The average Bonchev–Trinajstić information content (AvgIpc) is 2.50. The van der Waals surface area contributed by atoms with Crippen molar-refractivity contribution in [2.45, 2.75) is 45.3 Å². The van der Waals surface area contributed by atoms with E-state index in [4.69, 9.17) is 19.3 Å². The van der Waals surface area contributed by atoms with E-state index in [9.17, 15) is 4.79 Å². The van der Waals surface area contributed by atoms with Gasteiger partial charge in [-0.3, -0.25) is 0 Å². The first kappa shape index (κ1) is 18.0.